The van der Waals surface area contributed by atoms with Gasteiger partial charge in [-0.1, -0.05) is 23.3 Å². The van der Waals surface area contributed by atoms with Crippen molar-refractivity contribution >= 4 is 6.21 Å². The lowest BCUT2D eigenvalue weighted by Crippen LogP contribution is -2.32. The lowest BCUT2D eigenvalue weighted by Gasteiger charge is -2.14. The molecule has 0 radical (unpaired) electrons. The van der Waals surface area contributed by atoms with Gasteiger partial charge >= 0.3 is 5.69 Å². The van der Waals surface area contributed by atoms with E-state index in [1.165, 1.54) is 47.6 Å². The minimum atomic E-state index is -0.591. The molecule has 1 heterocycles. The molecule has 2 aliphatic rings. The molecule has 0 unspecified atom stereocenters. The summed E-state index contributed by atoms with van der Waals surface area (Å²) in [7, 11) is 0. The Morgan fingerprint density at radius 2 is 1.70 bits per heavy atom. The first kappa shape index (κ1) is 19.4. The summed E-state index contributed by atoms with van der Waals surface area (Å²) < 4.78 is 1.24. The highest BCUT2D eigenvalue weighted by molar-refractivity contribution is 5.81. The van der Waals surface area contributed by atoms with Gasteiger partial charge in [-0.25, -0.2) is 4.79 Å². The topological polar surface area (TPSA) is 87.5 Å². The molecule has 3 rings (SSSR count). The Labute approximate surface area is 159 Å². The van der Waals surface area contributed by atoms with Crippen LogP contribution in [0.25, 0.3) is 0 Å². The van der Waals surface area contributed by atoms with Gasteiger partial charge in [0.05, 0.1) is 0 Å². The standard InChI is InChI=1S/C21H29N3O3/c25-19-18(15-22-13-11-16-7-3-1-4-8-16)20(26)24(21(27)23-19)14-12-17-9-5-2-6-10-17/h7,9,15,26H,1-6,8,10-14H2,(H,23,25,27). The Balaban J connectivity index is 1.68. The van der Waals surface area contributed by atoms with Gasteiger partial charge in [-0.3, -0.25) is 19.3 Å². The zero-order chi connectivity index (χ0) is 19.1. The van der Waals surface area contributed by atoms with E-state index in [1.54, 1.807) is 0 Å². The van der Waals surface area contributed by atoms with E-state index in [2.05, 4.69) is 22.1 Å². The first-order valence-electron chi connectivity index (χ1n) is 10.1. The predicted octanol–water partition coefficient (Wildman–Crippen LogP) is 3.44. The Bertz CT molecular complexity index is 858. The highest BCUT2D eigenvalue weighted by atomic mass is 16.3. The number of hydrogen-bond donors (Lipinski definition) is 2. The van der Waals surface area contributed by atoms with Gasteiger partial charge in [-0.15, -0.1) is 0 Å². The van der Waals surface area contributed by atoms with Crippen LogP contribution in [0.1, 0.15) is 69.8 Å². The summed E-state index contributed by atoms with van der Waals surface area (Å²) in [5.41, 5.74) is 1.63. The zero-order valence-electron chi connectivity index (χ0n) is 15.9. The molecule has 0 saturated carbocycles. The van der Waals surface area contributed by atoms with E-state index >= 15 is 0 Å². The van der Waals surface area contributed by atoms with E-state index in [4.69, 9.17) is 0 Å². The van der Waals surface area contributed by atoms with E-state index in [0.29, 0.717) is 19.5 Å². The maximum Gasteiger partial charge on any atom is 0.331 e. The summed E-state index contributed by atoms with van der Waals surface area (Å²) in [6.07, 6.45) is 16.8. The third kappa shape index (κ3) is 5.31. The van der Waals surface area contributed by atoms with Crippen LogP contribution in [0.3, 0.4) is 0 Å². The largest absolute Gasteiger partial charge is 0.494 e. The molecule has 0 amide bonds. The monoisotopic (exact) mass is 371 g/mol. The number of aromatic hydroxyl groups is 1. The molecule has 0 atom stereocenters. The lowest BCUT2D eigenvalue weighted by molar-refractivity contribution is 0.398. The zero-order valence-corrected chi connectivity index (χ0v) is 15.9. The lowest BCUT2D eigenvalue weighted by atomic mass is 9.97. The van der Waals surface area contributed by atoms with Gasteiger partial charge in [0.1, 0.15) is 5.56 Å². The number of nitrogens with one attached hydrogen (secondary N) is 1. The minimum absolute atomic E-state index is 0.0600. The molecule has 2 N–H and O–H groups in total. The van der Waals surface area contributed by atoms with Crippen molar-refractivity contribution in [3.8, 4) is 5.88 Å². The van der Waals surface area contributed by atoms with E-state index in [9.17, 15) is 14.7 Å². The van der Waals surface area contributed by atoms with Crippen LogP contribution in [0.5, 0.6) is 5.88 Å². The highest BCUT2D eigenvalue weighted by Gasteiger charge is 2.13. The van der Waals surface area contributed by atoms with Crippen LogP contribution in [-0.2, 0) is 6.54 Å². The van der Waals surface area contributed by atoms with Crippen molar-refractivity contribution in [2.75, 3.05) is 6.54 Å². The summed E-state index contributed by atoms with van der Waals surface area (Å²) in [5, 5.41) is 10.4. The van der Waals surface area contributed by atoms with Crippen molar-refractivity contribution in [3.63, 3.8) is 0 Å². The fraction of sp³-hybridized carbons (Fsp3) is 0.571. The third-order valence-electron chi connectivity index (χ3n) is 5.42. The fourth-order valence-corrected chi connectivity index (χ4v) is 3.78. The van der Waals surface area contributed by atoms with E-state index < -0.39 is 11.2 Å². The molecule has 146 valence electrons. The molecule has 0 aromatic carbocycles. The number of aliphatic imine (C=N–C) groups is 1. The number of nitrogens with zero attached hydrogens (tertiary/aromatic N) is 2. The van der Waals surface area contributed by atoms with Gasteiger partial charge in [-0.05, 0) is 64.2 Å². The second kappa shape index (κ2) is 9.53. The van der Waals surface area contributed by atoms with Gasteiger partial charge in [0.25, 0.3) is 5.56 Å². The van der Waals surface area contributed by atoms with Crippen LogP contribution in [0.15, 0.2) is 37.9 Å². The fourth-order valence-electron chi connectivity index (χ4n) is 3.78. The van der Waals surface area contributed by atoms with Crippen molar-refractivity contribution in [2.24, 2.45) is 4.99 Å². The normalized spacial score (nSPS) is 17.8. The molecule has 0 aliphatic heterocycles. The summed E-state index contributed by atoms with van der Waals surface area (Å²) in [6, 6.07) is 0. The van der Waals surface area contributed by atoms with Gasteiger partial charge in [-0.2, -0.15) is 0 Å². The first-order chi connectivity index (χ1) is 13.1. The van der Waals surface area contributed by atoms with Crippen LogP contribution < -0.4 is 11.2 Å². The molecular formula is C21H29N3O3. The van der Waals surface area contributed by atoms with Crippen molar-refractivity contribution in [1.82, 2.24) is 9.55 Å². The SMILES string of the molecule is O=c1[nH]c(=O)n(CCC2=CCCCC2)c(O)c1C=NCCC1=CCCCC1. The minimum Gasteiger partial charge on any atom is -0.494 e. The number of aromatic nitrogens is 2. The number of H-pyrrole nitrogens is 1. The third-order valence-corrected chi connectivity index (χ3v) is 5.42. The van der Waals surface area contributed by atoms with E-state index in [0.717, 1.165) is 32.1 Å². The van der Waals surface area contributed by atoms with Crippen molar-refractivity contribution in [3.05, 3.63) is 49.7 Å². The van der Waals surface area contributed by atoms with E-state index in [-0.39, 0.29) is 11.4 Å². The molecule has 0 bridgehead atoms. The second-order valence-electron chi connectivity index (χ2n) is 7.40. The van der Waals surface area contributed by atoms with Crippen LogP contribution in [-0.4, -0.2) is 27.4 Å². The smallest absolute Gasteiger partial charge is 0.331 e. The number of aromatic amines is 1. The van der Waals surface area contributed by atoms with Gasteiger partial charge in [0, 0.05) is 19.3 Å². The van der Waals surface area contributed by atoms with Gasteiger partial charge in [0.2, 0.25) is 5.88 Å². The molecule has 0 spiro atoms. The first-order valence-corrected chi connectivity index (χ1v) is 10.1. The number of allylic oxidation sites excluding steroid dienone is 3. The van der Waals surface area contributed by atoms with Crippen LogP contribution in [0.4, 0.5) is 0 Å². The summed E-state index contributed by atoms with van der Waals surface area (Å²) in [5.74, 6) is -0.291. The van der Waals surface area contributed by atoms with Gasteiger partial charge in [0.15, 0.2) is 0 Å². The highest BCUT2D eigenvalue weighted by Crippen LogP contribution is 2.22. The number of hydrogen-bond acceptors (Lipinski definition) is 4. The molecule has 0 saturated heterocycles. The average molecular weight is 371 g/mol. The molecule has 0 fully saturated rings. The molecule has 1 aromatic heterocycles. The van der Waals surface area contributed by atoms with Crippen LogP contribution >= 0.6 is 0 Å². The molecule has 6 heteroatoms. The molecule has 6 nitrogen and oxygen atoms in total. The Kier molecular flexibility index (Phi) is 6.85. The summed E-state index contributed by atoms with van der Waals surface area (Å²) in [4.78, 5) is 30.8. The maximum absolute atomic E-state index is 12.1. The molecule has 1 aromatic rings. The Morgan fingerprint density at radius 1 is 1.04 bits per heavy atom. The Morgan fingerprint density at radius 3 is 2.33 bits per heavy atom. The number of rotatable bonds is 7. The second-order valence-corrected chi connectivity index (χ2v) is 7.40. The Hall–Kier alpha value is -2.37. The van der Waals surface area contributed by atoms with Crippen molar-refractivity contribution < 1.29 is 5.11 Å². The van der Waals surface area contributed by atoms with Gasteiger partial charge < -0.3 is 5.11 Å². The predicted molar refractivity (Wildman–Crippen MR) is 108 cm³/mol. The van der Waals surface area contributed by atoms with Crippen LogP contribution in [0.2, 0.25) is 0 Å². The summed E-state index contributed by atoms with van der Waals surface area (Å²) in [6.45, 7) is 0.942. The molecular weight excluding hydrogens is 342 g/mol. The van der Waals surface area contributed by atoms with Crippen molar-refractivity contribution in [1.29, 1.82) is 0 Å². The van der Waals surface area contributed by atoms with E-state index in [1.807, 2.05) is 0 Å². The summed E-state index contributed by atoms with van der Waals surface area (Å²) >= 11 is 0. The average Bonchev–Trinajstić information content (AvgIpc) is 2.68. The molecule has 27 heavy (non-hydrogen) atoms. The quantitative estimate of drug-likeness (QED) is 0.568. The van der Waals surface area contributed by atoms with Crippen molar-refractivity contribution in [2.45, 2.75) is 70.8 Å². The molecule has 2 aliphatic carbocycles. The van der Waals surface area contributed by atoms with Crippen LogP contribution in [0, 0.1) is 0 Å². The maximum atomic E-state index is 12.1.